The molecule has 1 aliphatic heterocycles. The summed E-state index contributed by atoms with van der Waals surface area (Å²) in [4.78, 5) is 32.2. The van der Waals surface area contributed by atoms with Crippen molar-refractivity contribution < 1.29 is 24.2 Å². The highest BCUT2D eigenvalue weighted by atomic mass is 16.5. The molecular formula is C24H29N3O5. The van der Waals surface area contributed by atoms with Gasteiger partial charge in [-0.2, -0.15) is 0 Å². The summed E-state index contributed by atoms with van der Waals surface area (Å²) in [5.74, 6) is 1.61. The van der Waals surface area contributed by atoms with Gasteiger partial charge in [-0.15, -0.1) is 0 Å². The molecule has 0 bridgehead atoms. The van der Waals surface area contributed by atoms with Crippen LogP contribution in [-0.4, -0.2) is 73.4 Å². The van der Waals surface area contributed by atoms with Crippen LogP contribution in [0.15, 0.2) is 42.5 Å². The van der Waals surface area contributed by atoms with Crippen LogP contribution < -0.4 is 9.64 Å². The van der Waals surface area contributed by atoms with Crippen LogP contribution in [0.1, 0.15) is 33.7 Å². The van der Waals surface area contributed by atoms with Gasteiger partial charge in [0, 0.05) is 27.2 Å². The zero-order valence-corrected chi connectivity index (χ0v) is 18.6. The number of rotatable bonds is 5. The first-order valence-electron chi connectivity index (χ1n) is 10.8. The van der Waals surface area contributed by atoms with E-state index >= 15 is 0 Å². The molecule has 1 aliphatic carbocycles. The first-order valence-corrected chi connectivity index (χ1v) is 10.8. The monoisotopic (exact) mass is 439 g/mol. The second-order valence-electron chi connectivity index (χ2n) is 8.72. The van der Waals surface area contributed by atoms with Crippen LogP contribution in [-0.2, 0) is 4.74 Å². The topological polar surface area (TPSA) is 92.2 Å². The first-order chi connectivity index (χ1) is 15.4. The number of ether oxygens (including phenoxy) is 2. The molecule has 2 heterocycles. The molecule has 2 aliphatic rings. The summed E-state index contributed by atoms with van der Waals surface area (Å²) >= 11 is 0. The van der Waals surface area contributed by atoms with E-state index in [1.54, 1.807) is 44.4 Å². The molecule has 2 fully saturated rings. The Morgan fingerprint density at radius 1 is 1.06 bits per heavy atom. The second kappa shape index (κ2) is 9.16. The van der Waals surface area contributed by atoms with E-state index < -0.39 is 12.1 Å². The maximum Gasteiger partial charge on any atom is 0.337 e. The lowest BCUT2D eigenvalue weighted by molar-refractivity contribution is -0.0231. The molecule has 4 rings (SSSR count). The third-order valence-corrected chi connectivity index (χ3v) is 6.33. The Labute approximate surface area is 187 Å². The molecule has 0 unspecified atom stereocenters. The number of pyridine rings is 1. The van der Waals surface area contributed by atoms with E-state index in [9.17, 15) is 14.7 Å². The molecule has 170 valence electrons. The van der Waals surface area contributed by atoms with E-state index in [-0.39, 0.29) is 12.0 Å². The highest BCUT2D eigenvalue weighted by Gasteiger charge is 2.43. The van der Waals surface area contributed by atoms with Crippen molar-refractivity contribution in [2.24, 2.45) is 11.8 Å². The number of benzene rings is 1. The summed E-state index contributed by atoms with van der Waals surface area (Å²) in [6.45, 7) is 1.61. The standard InChI is InChI=1S/C24H29N3O5/c1-26(2)23(29)19-5-4-6-22(25-19)27-13-16-11-20(28)21(12-17(16)14-27)32-18-9-7-15(8-10-18)24(30)31-3/h4-10,16-17,20-21,28H,11-14H2,1-3H3/t16-,17+,20+,21+/m0/s1. The number of carbonyl (C=O) groups excluding carboxylic acids is 2. The predicted molar refractivity (Wildman–Crippen MR) is 119 cm³/mol. The van der Waals surface area contributed by atoms with E-state index in [0.717, 1.165) is 25.3 Å². The fourth-order valence-corrected chi connectivity index (χ4v) is 4.61. The van der Waals surface area contributed by atoms with Gasteiger partial charge < -0.3 is 24.4 Å². The quantitative estimate of drug-likeness (QED) is 0.714. The summed E-state index contributed by atoms with van der Waals surface area (Å²) in [6.07, 6.45) is 0.515. The number of aromatic nitrogens is 1. The van der Waals surface area contributed by atoms with Gasteiger partial charge in [0.05, 0.1) is 18.8 Å². The highest BCUT2D eigenvalue weighted by molar-refractivity contribution is 5.92. The molecule has 8 heteroatoms. The SMILES string of the molecule is COC(=O)c1ccc(O[C@@H]2C[C@@H]3CN(c4cccc(C(=O)N(C)C)n4)C[C@@H]3C[C@H]2O)cc1. The second-order valence-corrected chi connectivity index (χ2v) is 8.72. The van der Waals surface area contributed by atoms with E-state index in [1.165, 1.54) is 12.0 Å². The molecule has 1 saturated carbocycles. The molecule has 32 heavy (non-hydrogen) atoms. The fraction of sp³-hybridized carbons (Fsp3) is 0.458. The van der Waals surface area contributed by atoms with Gasteiger partial charge in [0.1, 0.15) is 23.4 Å². The van der Waals surface area contributed by atoms with Crippen LogP contribution in [0.4, 0.5) is 5.82 Å². The molecule has 4 atom stereocenters. The van der Waals surface area contributed by atoms with Crippen LogP contribution in [0.3, 0.4) is 0 Å². The van der Waals surface area contributed by atoms with Gasteiger partial charge >= 0.3 is 5.97 Å². The number of methoxy groups -OCH3 is 1. The van der Waals surface area contributed by atoms with E-state index in [0.29, 0.717) is 35.3 Å². The zero-order valence-electron chi connectivity index (χ0n) is 18.6. The first kappa shape index (κ1) is 22.1. The smallest absolute Gasteiger partial charge is 0.337 e. The molecule has 2 aromatic rings. The molecule has 1 aromatic carbocycles. The van der Waals surface area contributed by atoms with Crippen LogP contribution in [0.2, 0.25) is 0 Å². The lowest BCUT2D eigenvalue weighted by atomic mass is 9.78. The summed E-state index contributed by atoms with van der Waals surface area (Å²) < 4.78 is 10.8. The molecule has 1 N–H and O–H groups in total. The Morgan fingerprint density at radius 3 is 2.41 bits per heavy atom. The fourth-order valence-electron chi connectivity index (χ4n) is 4.61. The normalized spacial score (nSPS) is 24.6. The Bertz CT molecular complexity index is 978. The third-order valence-electron chi connectivity index (χ3n) is 6.33. The van der Waals surface area contributed by atoms with Gasteiger partial charge in [-0.3, -0.25) is 4.79 Å². The van der Waals surface area contributed by atoms with Crippen molar-refractivity contribution in [2.75, 3.05) is 39.2 Å². The van der Waals surface area contributed by atoms with Gasteiger partial charge in [0.2, 0.25) is 0 Å². The summed E-state index contributed by atoms with van der Waals surface area (Å²) in [5, 5.41) is 10.7. The van der Waals surface area contributed by atoms with Crippen molar-refractivity contribution in [2.45, 2.75) is 25.0 Å². The number of nitrogens with zero attached hydrogens (tertiary/aromatic N) is 3. The van der Waals surface area contributed by atoms with Gasteiger partial charge in [0.15, 0.2) is 0 Å². The average Bonchev–Trinajstić information content (AvgIpc) is 3.21. The average molecular weight is 440 g/mol. The highest BCUT2D eigenvalue weighted by Crippen LogP contribution is 2.39. The van der Waals surface area contributed by atoms with Crippen molar-refractivity contribution in [1.29, 1.82) is 0 Å². The van der Waals surface area contributed by atoms with Crippen LogP contribution >= 0.6 is 0 Å². The molecule has 1 amide bonds. The van der Waals surface area contributed by atoms with Crippen molar-refractivity contribution in [1.82, 2.24) is 9.88 Å². The van der Waals surface area contributed by atoms with E-state index in [1.807, 2.05) is 12.1 Å². The molecule has 0 radical (unpaired) electrons. The maximum absolute atomic E-state index is 12.3. The number of carbonyl (C=O) groups is 2. The predicted octanol–water partition coefficient (Wildman–Crippen LogP) is 2.22. The Kier molecular flexibility index (Phi) is 6.32. The number of hydrogen-bond acceptors (Lipinski definition) is 7. The van der Waals surface area contributed by atoms with E-state index in [4.69, 9.17) is 9.47 Å². The molecular weight excluding hydrogens is 410 g/mol. The molecule has 1 saturated heterocycles. The number of aliphatic hydroxyl groups excluding tert-OH is 1. The molecule has 1 aromatic heterocycles. The number of amides is 1. The van der Waals surface area contributed by atoms with Gasteiger partial charge in [-0.1, -0.05) is 6.07 Å². The Hall–Kier alpha value is -3.13. The van der Waals surface area contributed by atoms with Gasteiger partial charge in [-0.25, -0.2) is 9.78 Å². The largest absolute Gasteiger partial charge is 0.488 e. The number of hydrogen-bond donors (Lipinski definition) is 1. The minimum Gasteiger partial charge on any atom is -0.488 e. The lowest BCUT2D eigenvalue weighted by Crippen LogP contribution is -2.42. The van der Waals surface area contributed by atoms with Crippen molar-refractivity contribution in [3.8, 4) is 5.75 Å². The number of fused-ring (bicyclic) bond motifs is 1. The number of esters is 1. The van der Waals surface area contributed by atoms with Crippen molar-refractivity contribution >= 4 is 17.7 Å². The Morgan fingerprint density at radius 2 is 1.75 bits per heavy atom. The number of aliphatic hydroxyl groups is 1. The van der Waals surface area contributed by atoms with Gasteiger partial charge in [-0.05, 0) is 61.1 Å². The van der Waals surface area contributed by atoms with Crippen molar-refractivity contribution in [3.63, 3.8) is 0 Å². The minimum atomic E-state index is -0.564. The van der Waals surface area contributed by atoms with Crippen molar-refractivity contribution in [3.05, 3.63) is 53.7 Å². The number of anilines is 1. The van der Waals surface area contributed by atoms with Crippen LogP contribution in [0, 0.1) is 11.8 Å². The van der Waals surface area contributed by atoms with Crippen LogP contribution in [0.5, 0.6) is 5.75 Å². The minimum absolute atomic E-state index is 0.120. The molecule has 0 spiro atoms. The summed E-state index contributed by atoms with van der Waals surface area (Å²) in [5.41, 5.74) is 0.886. The summed E-state index contributed by atoms with van der Waals surface area (Å²) in [7, 11) is 4.77. The van der Waals surface area contributed by atoms with Gasteiger partial charge in [0.25, 0.3) is 5.91 Å². The third kappa shape index (κ3) is 4.55. The summed E-state index contributed by atoms with van der Waals surface area (Å²) in [6, 6.07) is 12.3. The lowest BCUT2D eigenvalue weighted by Gasteiger charge is -2.35. The maximum atomic E-state index is 12.3. The van der Waals surface area contributed by atoms with E-state index in [2.05, 4.69) is 9.88 Å². The molecule has 8 nitrogen and oxygen atoms in total. The Balaban J connectivity index is 1.41. The zero-order chi connectivity index (χ0) is 22.8. The van der Waals surface area contributed by atoms with Crippen LogP contribution in [0.25, 0.3) is 0 Å².